The zero-order valence-corrected chi connectivity index (χ0v) is 21.4. The maximum Gasteiger partial charge on any atom is 0.334 e. The zero-order chi connectivity index (χ0) is 26.8. The average molecular weight is 513 g/mol. The molecule has 2 fully saturated rings. The number of esters is 1. The van der Waals surface area contributed by atoms with Crippen LogP contribution in [0.15, 0.2) is 46.8 Å². The number of hydrogen-bond acceptors (Lipinski definition) is 8. The van der Waals surface area contributed by atoms with Crippen molar-refractivity contribution in [1.29, 1.82) is 0 Å². The number of rotatable bonds is 7. The summed E-state index contributed by atoms with van der Waals surface area (Å²) in [5, 5.41) is 15.2. The Morgan fingerprint density at radius 2 is 1.97 bits per heavy atom. The monoisotopic (exact) mass is 512 g/mol. The van der Waals surface area contributed by atoms with Crippen molar-refractivity contribution in [2.45, 2.75) is 39.5 Å². The number of amides is 1. The van der Waals surface area contributed by atoms with Gasteiger partial charge in [-0.15, -0.1) is 0 Å². The van der Waals surface area contributed by atoms with Gasteiger partial charge < -0.3 is 24.9 Å². The number of nitrogens with one attached hydrogen (secondary N) is 1. The largest absolute Gasteiger partial charge is 0.466 e. The molecule has 1 saturated carbocycles. The summed E-state index contributed by atoms with van der Waals surface area (Å²) in [7, 11) is 1.33. The number of pyridine rings is 1. The summed E-state index contributed by atoms with van der Waals surface area (Å²) in [6, 6.07) is 6.79. The van der Waals surface area contributed by atoms with Crippen LogP contribution in [0, 0.1) is 19.7 Å². The normalized spacial score (nSPS) is 15.2. The summed E-state index contributed by atoms with van der Waals surface area (Å²) in [5.74, 6) is -0.569. The number of halogens is 1. The molecule has 1 aromatic heterocycles. The molecule has 1 aromatic carbocycles. The lowest BCUT2D eigenvalue weighted by molar-refractivity contribution is -0.136. The van der Waals surface area contributed by atoms with Gasteiger partial charge in [0.15, 0.2) is 0 Å². The van der Waals surface area contributed by atoms with Crippen molar-refractivity contribution < 1.29 is 28.7 Å². The standard InChI is InChI=1S/C16H19N3O4.C11H14FNO/c1-10-13(6-12(8-17-10)18-9-20)15(19-22)7-14(16(21)23-2)11-4-3-5-11;1-9-6-10(12)8-11(7-9)13-2-4-14-5-3-13/h6,8-9,22H,3-5,7H2,1-2H3,(H,18,20);6-8H,2-5H2,1H3/b19-15-;. The van der Waals surface area contributed by atoms with Gasteiger partial charge in [-0.05, 0) is 62.9 Å². The van der Waals surface area contributed by atoms with Gasteiger partial charge in [-0.1, -0.05) is 10.7 Å². The lowest BCUT2D eigenvalue weighted by atomic mass is 9.85. The SMILES string of the molecule is COC(=O)C(C/C(=N/O)c1cc(NC=O)cnc1C)=C1CCC1.Cc1cc(F)cc(N2CCOCC2)c1. The Labute approximate surface area is 216 Å². The van der Waals surface area contributed by atoms with E-state index < -0.39 is 5.97 Å². The van der Waals surface area contributed by atoms with Crippen LogP contribution in [-0.4, -0.2) is 61.7 Å². The molecule has 37 heavy (non-hydrogen) atoms. The Morgan fingerprint density at radius 1 is 1.24 bits per heavy atom. The number of hydrogen-bond donors (Lipinski definition) is 2. The van der Waals surface area contributed by atoms with E-state index in [2.05, 4.69) is 20.4 Å². The molecule has 2 N–H and O–H groups in total. The summed E-state index contributed by atoms with van der Waals surface area (Å²) in [4.78, 5) is 28.9. The molecular formula is C27H33FN4O5. The van der Waals surface area contributed by atoms with E-state index in [4.69, 9.17) is 9.47 Å². The molecule has 1 aliphatic heterocycles. The third-order valence-electron chi connectivity index (χ3n) is 6.31. The third-order valence-corrected chi connectivity index (χ3v) is 6.31. The fourth-order valence-electron chi connectivity index (χ4n) is 4.17. The first-order chi connectivity index (χ1) is 17.9. The summed E-state index contributed by atoms with van der Waals surface area (Å²) in [5.41, 5.74) is 5.49. The Bertz CT molecular complexity index is 1150. The molecule has 198 valence electrons. The molecule has 0 atom stereocenters. The Hall–Kier alpha value is -3.79. The van der Waals surface area contributed by atoms with Gasteiger partial charge in [0.2, 0.25) is 6.41 Å². The molecule has 0 radical (unpaired) electrons. The van der Waals surface area contributed by atoms with Gasteiger partial charge in [0.1, 0.15) is 5.82 Å². The van der Waals surface area contributed by atoms with Gasteiger partial charge in [0, 0.05) is 42.0 Å². The number of carbonyl (C=O) groups excluding carboxylic acids is 2. The third kappa shape index (κ3) is 7.60. The van der Waals surface area contributed by atoms with E-state index in [0.717, 1.165) is 62.4 Å². The lowest BCUT2D eigenvalue weighted by Crippen LogP contribution is -2.36. The molecule has 1 amide bonds. The van der Waals surface area contributed by atoms with E-state index in [-0.39, 0.29) is 12.2 Å². The van der Waals surface area contributed by atoms with Crippen LogP contribution in [0.2, 0.25) is 0 Å². The smallest absolute Gasteiger partial charge is 0.334 e. The number of anilines is 2. The first kappa shape index (κ1) is 27.8. The molecule has 0 unspecified atom stereocenters. The Kier molecular flexibility index (Phi) is 10.1. The first-order valence-corrected chi connectivity index (χ1v) is 12.1. The van der Waals surface area contributed by atoms with Crippen molar-refractivity contribution >= 4 is 29.5 Å². The van der Waals surface area contributed by atoms with Crippen molar-refractivity contribution in [3.8, 4) is 0 Å². The number of aromatic nitrogens is 1. The number of allylic oxidation sites excluding steroid dienone is 1. The molecule has 0 spiro atoms. The van der Waals surface area contributed by atoms with E-state index in [1.54, 1.807) is 25.1 Å². The minimum atomic E-state index is -0.409. The quantitative estimate of drug-likeness (QED) is 0.143. The van der Waals surface area contributed by atoms with E-state index in [9.17, 15) is 19.2 Å². The predicted molar refractivity (Wildman–Crippen MR) is 139 cm³/mol. The second-order valence-electron chi connectivity index (χ2n) is 8.86. The van der Waals surface area contributed by atoms with E-state index >= 15 is 0 Å². The van der Waals surface area contributed by atoms with E-state index in [0.29, 0.717) is 34.6 Å². The highest BCUT2D eigenvalue weighted by Gasteiger charge is 2.24. The highest BCUT2D eigenvalue weighted by molar-refractivity contribution is 6.07. The number of ether oxygens (including phenoxy) is 2. The fourth-order valence-corrected chi connectivity index (χ4v) is 4.17. The maximum absolute atomic E-state index is 13.1. The molecule has 2 aromatic rings. The maximum atomic E-state index is 13.1. The molecule has 1 saturated heterocycles. The van der Waals surface area contributed by atoms with Gasteiger partial charge in [-0.3, -0.25) is 9.78 Å². The van der Waals surface area contributed by atoms with Gasteiger partial charge in [0.05, 0.1) is 37.9 Å². The van der Waals surface area contributed by atoms with E-state index in [1.165, 1.54) is 13.3 Å². The molecule has 2 heterocycles. The minimum Gasteiger partial charge on any atom is -0.466 e. The molecule has 9 nitrogen and oxygen atoms in total. The number of benzene rings is 1. The number of morpholine rings is 1. The summed E-state index contributed by atoms with van der Waals surface area (Å²) >= 11 is 0. The van der Waals surface area contributed by atoms with Crippen LogP contribution < -0.4 is 10.2 Å². The predicted octanol–water partition coefficient (Wildman–Crippen LogP) is 4.15. The molecule has 2 aliphatic rings. The van der Waals surface area contributed by atoms with Crippen LogP contribution in [0.1, 0.15) is 42.5 Å². The number of nitrogens with zero attached hydrogens (tertiary/aromatic N) is 3. The highest BCUT2D eigenvalue weighted by Crippen LogP contribution is 2.32. The van der Waals surface area contributed by atoms with Gasteiger partial charge >= 0.3 is 5.97 Å². The molecule has 0 bridgehead atoms. The number of aryl methyl sites for hydroxylation is 2. The molecule has 1 aliphatic carbocycles. The molecule has 4 rings (SSSR count). The number of methoxy groups -OCH3 is 1. The van der Waals surface area contributed by atoms with Crippen LogP contribution in [0.3, 0.4) is 0 Å². The number of oxime groups is 1. The van der Waals surface area contributed by atoms with Gasteiger partial charge in [-0.2, -0.15) is 0 Å². The van der Waals surface area contributed by atoms with Crippen LogP contribution in [0.5, 0.6) is 0 Å². The van der Waals surface area contributed by atoms with Gasteiger partial charge in [-0.25, -0.2) is 9.18 Å². The Morgan fingerprint density at radius 3 is 2.54 bits per heavy atom. The first-order valence-electron chi connectivity index (χ1n) is 12.1. The average Bonchev–Trinajstić information content (AvgIpc) is 2.86. The summed E-state index contributed by atoms with van der Waals surface area (Å²) in [6.45, 7) is 6.84. The molecule has 10 heteroatoms. The van der Waals surface area contributed by atoms with Crippen LogP contribution in [-0.2, 0) is 19.1 Å². The van der Waals surface area contributed by atoms with Crippen molar-refractivity contribution in [3.05, 3.63) is 64.2 Å². The second-order valence-corrected chi connectivity index (χ2v) is 8.86. The highest BCUT2D eigenvalue weighted by atomic mass is 19.1. The van der Waals surface area contributed by atoms with Crippen molar-refractivity contribution in [2.75, 3.05) is 43.6 Å². The van der Waals surface area contributed by atoms with Crippen LogP contribution in [0.4, 0.5) is 15.8 Å². The summed E-state index contributed by atoms with van der Waals surface area (Å²) < 4.78 is 23.2. The van der Waals surface area contributed by atoms with Gasteiger partial charge in [0.25, 0.3) is 0 Å². The topological polar surface area (TPSA) is 113 Å². The van der Waals surface area contributed by atoms with Crippen LogP contribution >= 0.6 is 0 Å². The zero-order valence-electron chi connectivity index (χ0n) is 21.4. The fraction of sp³-hybridized carbons (Fsp3) is 0.407. The van der Waals surface area contributed by atoms with Crippen molar-refractivity contribution in [2.24, 2.45) is 5.16 Å². The molecular weight excluding hydrogens is 479 g/mol. The van der Waals surface area contributed by atoms with Crippen LogP contribution in [0.25, 0.3) is 0 Å². The van der Waals surface area contributed by atoms with Crippen molar-refractivity contribution in [3.63, 3.8) is 0 Å². The lowest BCUT2D eigenvalue weighted by Gasteiger charge is -2.29. The number of carbonyl (C=O) groups is 2. The Balaban J connectivity index is 0.000000231. The minimum absolute atomic E-state index is 0.158. The van der Waals surface area contributed by atoms with E-state index in [1.807, 2.05) is 13.0 Å². The second kappa shape index (κ2) is 13.5. The van der Waals surface area contributed by atoms with Crippen molar-refractivity contribution in [1.82, 2.24) is 4.98 Å². The summed E-state index contributed by atoms with van der Waals surface area (Å²) in [6.07, 6.45) is 4.96.